The van der Waals surface area contributed by atoms with Crippen molar-refractivity contribution in [2.75, 3.05) is 19.8 Å². The number of nitrogens with zero attached hydrogens (tertiary/aromatic N) is 6. The van der Waals surface area contributed by atoms with E-state index in [1.54, 1.807) is 41.5 Å². The summed E-state index contributed by atoms with van der Waals surface area (Å²) in [4.78, 5) is 109. The molecule has 504 valence electrons. The van der Waals surface area contributed by atoms with Crippen molar-refractivity contribution >= 4 is 18.3 Å². The number of carbonyl (C=O) groups is 3. The number of hydrogen-bond donors (Lipinski definition) is 6. The number of carbonyl (C=O) groups excluding carboxylic acids is 3. The van der Waals surface area contributed by atoms with Crippen molar-refractivity contribution < 1.29 is 58.4 Å². The highest BCUT2D eigenvalue weighted by atomic mass is 16.7. The van der Waals surface area contributed by atoms with Crippen LogP contribution in [0.1, 0.15) is 279 Å². The maximum absolute atomic E-state index is 15.7. The Balaban J connectivity index is 1.90. The molecule has 4 heterocycles. The number of hydrogen-bond acceptors (Lipinski definition) is 18. The van der Waals surface area contributed by atoms with Crippen LogP contribution in [0.3, 0.4) is 0 Å². The van der Waals surface area contributed by atoms with Gasteiger partial charge in [-0.2, -0.15) is 15.2 Å². The molecule has 0 saturated carbocycles. The van der Waals surface area contributed by atoms with Crippen LogP contribution in [0, 0.1) is 0 Å². The molecule has 24 nitrogen and oxygen atoms in total. The molecule has 87 heavy (non-hydrogen) atoms. The number of aliphatic hydroxyl groups is 3. The first-order chi connectivity index (χ1) is 39.8. The standard InChI is InChI=1S/C63H117N9O15/c1-22-25-28-31-46(64-49(73)85-43-34-55(4,5)70(56(6,7)35-43)82-40-61(16,17)79)67-52(76)68(47(32-29-26-23-2)65-50(74)86-44-36-57(8,9)71(58(10,11)37-44)83-41-62(18,19)80)54(78)69(53(67)77)48(33-30-27-24-3)66-51(75)87-45-38-59(12,13)72(60(14,15)39-45)84-42-63(20,21)81/h43-48,79-81H,22-42H2,1-21H3,(H,64,73)(H,65,74)(H,66,75). The van der Waals surface area contributed by atoms with Crippen LogP contribution in [0.4, 0.5) is 14.4 Å². The summed E-state index contributed by atoms with van der Waals surface area (Å²) >= 11 is 0. The molecule has 0 bridgehead atoms. The first-order valence-electron chi connectivity index (χ1n) is 32.2. The predicted octanol–water partition coefficient (Wildman–Crippen LogP) is 9.76. The summed E-state index contributed by atoms with van der Waals surface area (Å²) in [5.41, 5.74) is -10.8. The maximum atomic E-state index is 15.7. The number of hydroxylamine groups is 6. The Hall–Kier alpha value is -4.14. The number of alkyl carbamates (subject to hydrolysis) is 3. The molecule has 6 N–H and O–H groups in total. The van der Waals surface area contributed by atoms with Gasteiger partial charge in [0.1, 0.15) is 36.8 Å². The molecular formula is C63H117N9O15. The van der Waals surface area contributed by atoms with E-state index in [-0.39, 0.29) is 39.1 Å². The summed E-state index contributed by atoms with van der Waals surface area (Å²) in [5.74, 6) is 0. The van der Waals surface area contributed by atoms with Gasteiger partial charge in [-0.15, -0.1) is 0 Å². The Bertz CT molecular complexity index is 2230. The third-order valence-corrected chi connectivity index (χ3v) is 16.4. The smallest absolute Gasteiger partial charge is 0.409 e. The summed E-state index contributed by atoms with van der Waals surface area (Å²) in [6.07, 6.45) is -1.37. The van der Waals surface area contributed by atoms with Gasteiger partial charge in [0.2, 0.25) is 0 Å². The number of piperidine rings is 3. The van der Waals surface area contributed by atoms with E-state index in [1.807, 2.05) is 119 Å². The van der Waals surface area contributed by atoms with Gasteiger partial charge in [-0.25, -0.2) is 42.5 Å². The van der Waals surface area contributed by atoms with Gasteiger partial charge < -0.3 is 45.5 Å². The zero-order valence-electron chi connectivity index (χ0n) is 57.2. The minimum atomic E-state index is -1.40. The molecule has 0 aliphatic carbocycles. The van der Waals surface area contributed by atoms with Gasteiger partial charge >= 0.3 is 35.3 Å². The van der Waals surface area contributed by atoms with Crippen LogP contribution in [0.15, 0.2) is 14.4 Å². The van der Waals surface area contributed by atoms with Crippen LogP contribution in [0.25, 0.3) is 0 Å². The Kier molecular flexibility index (Phi) is 25.9. The number of unbranched alkanes of at least 4 members (excludes halogenated alkanes) is 6. The fourth-order valence-corrected chi connectivity index (χ4v) is 13.4. The van der Waals surface area contributed by atoms with E-state index in [1.165, 1.54) is 0 Å². The van der Waals surface area contributed by atoms with Crippen molar-refractivity contribution in [3.8, 4) is 0 Å². The van der Waals surface area contributed by atoms with Crippen molar-refractivity contribution in [1.82, 2.24) is 44.8 Å². The van der Waals surface area contributed by atoms with Crippen LogP contribution in [-0.2, 0) is 28.7 Å². The molecule has 3 fully saturated rings. The van der Waals surface area contributed by atoms with E-state index < -0.39 is 122 Å². The van der Waals surface area contributed by atoms with E-state index in [0.29, 0.717) is 77.0 Å². The molecule has 1 aromatic heterocycles. The van der Waals surface area contributed by atoms with Crippen LogP contribution >= 0.6 is 0 Å². The zero-order chi connectivity index (χ0) is 66.1. The molecule has 0 radical (unpaired) electrons. The lowest BCUT2D eigenvalue weighted by atomic mass is 9.80. The first-order valence-corrected chi connectivity index (χ1v) is 32.2. The van der Waals surface area contributed by atoms with Crippen molar-refractivity contribution in [1.29, 1.82) is 0 Å². The highest BCUT2D eigenvalue weighted by Gasteiger charge is 2.51. The van der Waals surface area contributed by atoms with Crippen molar-refractivity contribution in [3.63, 3.8) is 0 Å². The van der Waals surface area contributed by atoms with E-state index in [2.05, 4.69) is 16.0 Å². The van der Waals surface area contributed by atoms with Crippen LogP contribution in [0.5, 0.6) is 0 Å². The largest absolute Gasteiger partial charge is 0.446 e. The van der Waals surface area contributed by atoms with Crippen molar-refractivity contribution in [2.45, 2.75) is 348 Å². The van der Waals surface area contributed by atoms with Crippen LogP contribution in [0.2, 0.25) is 0 Å². The van der Waals surface area contributed by atoms with Gasteiger partial charge in [0.05, 0.1) is 36.6 Å². The summed E-state index contributed by atoms with van der Waals surface area (Å²) < 4.78 is 21.2. The molecule has 3 amide bonds. The lowest BCUT2D eigenvalue weighted by Gasteiger charge is -2.53. The van der Waals surface area contributed by atoms with E-state index in [0.717, 1.165) is 33.0 Å². The second-order valence-corrected chi connectivity index (χ2v) is 30.7. The number of nitrogens with one attached hydrogen (secondary N) is 3. The van der Waals surface area contributed by atoms with Gasteiger partial charge in [-0.1, -0.05) is 59.3 Å². The van der Waals surface area contributed by atoms with Gasteiger partial charge in [-0.05, 0) is 163 Å². The molecule has 1 aromatic rings. The minimum absolute atomic E-state index is 0.0288. The first kappa shape index (κ1) is 75.3. The third kappa shape index (κ3) is 21.8. The topological polar surface area (TPSA) is 279 Å². The molecule has 3 atom stereocenters. The van der Waals surface area contributed by atoms with Gasteiger partial charge in [-0.3, -0.25) is 14.5 Å². The predicted molar refractivity (Wildman–Crippen MR) is 333 cm³/mol. The SMILES string of the molecule is CCCCCC(NC(=O)OC1CC(C)(C)N(OCC(C)(C)O)C(C)(C)C1)n1c(=O)n(C(CCCCC)NC(=O)OC2CC(C)(C)N(OCC(C)(C)O)C(C)(C)C2)c(=O)n(C(CCCCC)NC(=O)OC2CC(C)(C)N(OCC(C)(C)O)C(C)(C)C2)c1=O. The van der Waals surface area contributed by atoms with Gasteiger partial charge in [0.25, 0.3) is 0 Å². The maximum Gasteiger partial charge on any atom is 0.409 e. The molecule has 4 rings (SSSR count). The average molecular weight is 1240 g/mol. The summed E-state index contributed by atoms with van der Waals surface area (Å²) in [6, 6.07) is 0. The second-order valence-electron chi connectivity index (χ2n) is 30.7. The monoisotopic (exact) mass is 1240 g/mol. The molecule has 3 aliphatic heterocycles. The minimum Gasteiger partial charge on any atom is -0.446 e. The molecule has 3 unspecified atom stereocenters. The molecule has 24 heteroatoms. The van der Waals surface area contributed by atoms with E-state index in [9.17, 15) is 29.7 Å². The Morgan fingerprint density at radius 3 is 0.782 bits per heavy atom. The lowest BCUT2D eigenvalue weighted by Crippen LogP contribution is -2.63. The summed E-state index contributed by atoms with van der Waals surface area (Å²) in [7, 11) is 0. The van der Waals surface area contributed by atoms with Crippen molar-refractivity contribution in [2.24, 2.45) is 0 Å². The normalized spacial score (nSPS) is 21.4. The fourth-order valence-electron chi connectivity index (χ4n) is 13.4. The molecule has 0 aromatic carbocycles. The average Bonchev–Trinajstić information content (AvgIpc) is 0.873. The second kappa shape index (κ2) is 29.9. The van der Waals surface area contributed by atoms with E-state index >= 15 is 14.4 Å². The third-order valence-electron chi connectivity index (χ3n) is 16.4. The number of ether oxygens (including phenoxy) is 3. The summed E-state index contributed by atoms with van der Waals surface area (Å²) in [5, 5.41) is 45.7. The van der Waals surface area contributed by atoms with E-state index in [4.69, 9.17) is 28.7 Å². The quantitative estimate of drug-likeness (QED) is 0.0309. The Morgan fingerprint density at radius 2 is 0.609 bits per heavy atom. The molecule has 3 saturated heterocycles. The Labute approximate surface area is 518 Å². The number of rotatable bonds is 30. The van der Waals surface area contributed by atoms with Crippen LogP contribution in [-0.4, -0.2) is 151 Å². The Morgan fingerprint density at radius 1 is 0.414 bits per heavy atom. The van der Waals surface area contributed by atoms with Crippen molar-refractivity contribution in [3.05, 3.63) is 31.5 Å². The fraction of sp³-hybridized carbons (Fsp3) is 0.905. The van der Waals surface area contributed by atoms with Gasteiger partial charge in [0.15, 0.2) is 0 Å². The summed E-state index contributed by atoms with van der Waals surface area (Å²) in [6.45, 7) is 39.4. The molecule has 0 spiro atoms. The number of aromatic nitrogens is 3. The van der Waals surface area contributed by atoms with Gasteiger partial charge in [0, 0.05) is 71.8 Å². The molecular weight excluding hydrogens is 1120 g/mol. The van der Waals surface area contributed by atoms with Crippen LogP contribution < -0.4 is 33.0 Å². The highest BCUT2D eigenvalue weighted by molar-refractivity contribution is 5.68. The zero-order valence-corrected chi connectivity index (χ0v) is 57.2. The highest BCUT2D eigenvalue weighted by Crippen LogP contribution is 2.43. The molecule has 3 aliphatic rings. The number of amides is 3. The lowest BCUT2D eigenvalue weighted by molar-refractivity contribution is -0.305.